The molecule has 0 bridgehead atoms. The third kappa shape index (κ3) is 6.47. The van der Waals surface area contributed by atoms with Gasteiger partial charge in [-0.15, -0.1) is 10.2 Å². The number of alkyl halides is 6. The molecule has 270 valence electrons. The van der Waals surface area contributed by atoms with Crippen molar-refractivity contribution in [2.45, 2.75) is 69.6 Å². The van der Waals surface area contributed by atoms with Crippen LogP contribution in [0, 0.1) is 29.4 Å². The average Bonchev–Trinajstić information content (AvgIpc) is 3.49. The Morgan fingerprint density at radius 3 is 2.44 bits per heavy atom. The molecule has 3 atom stereocenters. The molecular formula is C35H27F8N7O2. The number of carbonyl (C=O) groups excluding carboxylic acids is 1. The van der Waals surface area contributed by atoms with Crippen LogP contribution in [0.4, 0.5) is 35.1 Å². The summed E-state index contributed by atoms with van der Waals surface area (Å²) in [4.78, 5) is 18.3. The molecule has 0 aliphatic heterocycles. The van der Waals surface area contributed by atoms with Gasteiger partial charge in [-0.3, -0.25) is 13.9 Å². The highest BCUT2D eigenvalue weighted by molar-refractivity contribution is 5.81. The second-order valence-electron chi connectivity index (χ2n) is 13.2. The standard InChI is InChI=1S/C35H27F8N7O2/c1-34(2,52)8-7-19-5-6-20(21-4-3-9-49-32(21)46-47-33(49)31(40)41)27(44-19)24(12-16-10-17(36)13-18(37)11-16)45-25(51)15-50-29-26(28(48-50)30(38)39)22-14-23(22)35(29,42)43/h3-6,9-11,13,22-24,30-31,52H,12,14-15H2,1-2H3,(H,45,51)/t22-,23+,24-/m0/s1. The van der Waals surface area contributed by atoms with Gasteiger partial charge < -0.3 is 10.4 Å². The molecule has 1 saturated carbocycles. The normalized spacial score (nSPS) is 17.9. The molecule has 0 radical (unpaired) electrons. The van der Waals surface area contributed by atoms with Gasteiger partial charge in [-0.05, 0) is 80.5 Å². The van der Waals surface area contributed by atoms with E-state index in [0.717, 1.165) is 16.5 Å². The molecule has 5 aromatic rings. The number of fused-ring (bicyclic) bond motifs is 4. The Hall–Kier alpha value is -5.37. The minimum atomic E-state index is -3.50. The molecule has 2 aliphatic rings. The van der Waals surface area contributed by atoms with Gasteiger partial charge in [0.25, 0.3) is 18.8 Å². The Bertz CT molecular complexity index is 2270. The number of nitrogens with zero attached hydrogens (tertiary/aromatic N) is 6. The minimum Gasteiger partial charge on any atom is -0.378 e. The molecule has 0 saturated heterocycles. The van der Waals surface area contributed by atoms with Gasteiger partial charge in [0.15, 0.2) is 5.65 Å². The third-order valence-electron chi connectivity index (χ3n) is 8.86. The summed E-state index contributed by atoms with van der Waals surface area (Å²) in [6.07, 6.45) is -5.21. The van der Waals surface area contributed by atoms with Crippen molar-refractivity contribution in [2.75, 3.05) is 0 Å². The zero-order valence-corrected chi connectivity index (χ0v) is 27.2. The molecule has 4 heterocycles. The lowest BCUT2D eigenvalue weighted by molar-refractivity contribution is -0.123. The summed E-state index contributed by atoms with van der Waals surface area (Å²) in [6.45, 7) is 1.91. The molecule has 2 N–H and O–H groups in total. The van der Waals surface area contributed by atoms with Crippen LogP contribution >= 0.6 is 0 Å². The summed E-state index contributed by atoms with van der Waals surface area (Å²) < 4.78 is 116. The van der Waals surface area contributed by atoms with Crippen LogP contribution in [0.3, 0.4) is 0 Å². The van der Waals surface area contributed by atoms with Gasteiger partial charge in [0.2, 0.25) is 11.7 Å². The van der Waals surface area contributed by atoms with Crippen LogP contribution in [0.25, 0.3) is 16.8 Å². The highest BCUT2D eigenvalue weighted by Crippen LogP contribution is 2.68. The van der Waals surface area contributed by atoms with E-state index in [1.165, 1.54) is 44.3 Å². The Balaban J connectivity index is 1.35. The number of carbonyl (C=O) groups is 1. The van der Waals surface area contributed by atoms with Gasteiger partial charge in [-0.1, -0.05) is 5.92 Å². The van der Waals surface area contributed by atoms with Crippen LogP contribution in [-0.4, -0.2) is 46.0 Å². The number of aromatic nitrogens is 6. The second kappa shape index (κ2) is 12.7. The number of hydrogen-bond acceptors (Lipinski definition) is 6. The number of nitrogens with one attached hydrogen (secondary N) is 1. The fourth-order valence-electron chi connectivity index (χ4n) is 6.68. The summed E-state index contributed by atoms with van der Waals surface area (Å²) in [5, 5.41) is 24.0. The Labute approximate surface area is 289 Å². The van der Waals surface area contributed by atoms with Crippen molar-refractivity contribution in [3.8, 4) is 23.0 Å². The van der Waals surface area contributed by atoms with Crippen molar-refractivity contribution in [3.05, 3.63) is 100 Å². The van der Waals surface area contributed by atoms with Crippen LogP contribution in [0.5, 0.6) is 0 Å². The monoisotopic (exact) mass is 729 g/mol. The van der Waals surface area contributed by atoms with Crippen LogP contribution in [0.2, 0.25) is 0 Å². The Morgan fingerprint density at radius 2 is 1.77 bits per heavy atom. The molecule has 0 spiro atoms. The van der Waals surface area contributed by atoms with E-state index in [1.807, 2.05) is 0 Å². The first-order chi connectivity index (χ1) is 24.5. The van der Waals surface area contributed by atoms with Crippen molar-refractivity contribution in [1.82, 2.24) is 34.7 Å². The van der Waals surface area contributed by atoms with Crippen LogP contribution < -0.4 is 5.32 Å². The first-order valence-electron chi connectivity index (χ1n) is 15.9. The molecule has 1 amide bonds. The van der Waals surface area contributed by atoms with E-state index in [4.69, 9.17) is 0 Å². The van der Waals surface area contributed by atoms with Crippen molar-refractivity contribution in [3.63, 3.8) is 0 Å². The zero-order chi connectivity index (χ0) is 37.3. The molecule has 52 heavy (non-hydrogen) atoms. The number of amides is 1. The van der Waals surface area contributed by atoms with Gasteiger partial charge in [-0.25, -0.2) is 31.3 Å². The molecule has 4 aromatic heterocycles. The summed E-state index contributed by atoms with van der Waals surface area (Å²) >= 11 is 0. The van der Waals surface area contributed by atoms with Gasteiger partial charge in [0.1, 0.15) is 40.9 Å². The van der Waals surface area contributed by atoms with E-state index < -0.39 is 83.6 Å². The number of aliphatic hydroxyl groups is 1. The van der Waals surface area contributed by atoms with Crippen molar-refractivity contribution < 1.29 is 45.0 Å². The van der Waals surface area contributed by atoms with Crippen LogP contribution in [-0.2, 0) is 23.7 Å². The number of rotatable bonds is 9. The largest absolute Gasteiger partial charge is 0.378 e. The van der Waals surface area contributed by atoms with Gasteiger partial charge in [0, 0.05) is 34.9 Å². The smallest absolute Gasteiger partial charge is 0.297 e. The fraction of sp³-hybridized carbons (Fsp3) is 0.343. The van der Waals surface area contributed by atoms with Crippen LogP contribution in [0.1, 0.15) is 84.8 Å². The lowest BCUT2D eigenvalue weighted by Gasteiger charge is -2.23. The first-order valence-corrected chi connectivity index (χ1v) is 15.9. The summed E-state index contributed by atoms with van der Waals surface area (Å²) in [5.41, 5.74) is -2.93. The average molecular weight is 730 g/mol. The number of halogens is 8. The highest BCUT2D eigenvalue weighted by atomic mass is 19.3. The van der Waals surface area contributed by atoms with E-state index in [2.05, 4.69) is 37.4 Å². The van der Waals surface area contributed by atoms with Crippen molar-refractivity contribution in [2.24, 2.45) is 5.92 Å². The van der Waals surface area contributed by atoms with E-state index in [-0.39, 0.29) is 52.1 Å². The maximum atomic E-state index is 15.3. The summed E-state index contributed by atoms with van der Waals surface area (Å²) in [7, 11) is 0. The van der Waals surface area contributed by atoms with Gasteiger partial charge in [-0.2, -0.15) is 13.9 Å². The Morgan fingerprint density at radius 1 is 1.04 bits per heavy atom. The number of hydrogen-bond donors (Lipinski definition) is 2. The van der Waals surface area contributed by atoms with E-state index in [9.17, 15) is 36.2 Å². The predicted octanol–water partition coefficient (Wildman–Crippen LogP) is 6.57. The minimum absolute atomic E-state index is 0.0165. The molecule has 0 unspecified atom stereocenters. The molecule has 1 aromatic carbocycles. The fourth-order valence-corrected chi connectivity index (χ4v) is 6.68. The van der Waals surface area contributed by atoms with Crippen molar-refractivity contribution >= 4 is 11.6 Å². The van der Waals surface area contributed by atoms with Crippen LogP contribution in [0.15, 0.2) is 48.7 Å². The molecular weight excluding hydrogens is 702 g/mol. The SMILES string of the molecule is CC(C)(O)C#Cc1ccc(-c2cccn3c(C(F)F)nnc23)c([C@H](Cc2cc(F)cc(F)c2)NC(=O)Cn2nc(C(F)F)c3c2C(F)(F)[C@@H]2C[C@H]32)n1. The predicted molar refractivity (Wildman–Crippen MR) is 167 cm³/mol. The topological polar surface area (TPSA) is 110 Å². The maximum absolute atomic E-state index is 15.3. The maximum Gasteiger partial charge on any atom is 0.297 e. The summed E-state index contributed by atoms with van der Waals surface area (Å²) in [5.74, 6) is -3.72. The molecule has 9 nitrogen and oxygen atoms in total. The van der Waals surface area contributed by atoms with Gasteiger partial charge >= 0.3 is 0 Å². The third-order valence-corrected chi connectivity index (χ3v) is 8.86. The van der Waals surface area contributed by atoms with Crippen molar-refractivity contribution in [1.29, 1.82) is 0 Å². The van der Waals surface area contributed by atoms with E-state index in [0.29, 0.717) is 10.7 Å². The summed E-state index contributed by atoms with van der Waals surface area (Å²) in [6, 6.07) is 7.15. The lowest BCUT2D eigenvalue weighted by atomic mass is 9.95. The quantitative estimate of drug-likeness (QED) is 0.131. The lowest BCUT2D eigenvalue weighted by Crippen LogP contribution is -2.35. The molecule has 17 heteroatoms. The highest BCUT2D eigenvalue weighted by Gasteiger charge is 2.67. The number of benzene rings is 1. The second-order valence-corrected chi connectivity index (χ2v) is 13.2. The Kier molecular flexibility index (Phi) is 8.55. The van der Waals surface area contributed by atoms with E-state index in [1.54, 1.807) is 0 Å². The van der Waals surface area contributed by atoms with E-state index >= 15 is 8.78 Å². The molecule has 7 rings (SSSR count). The number of pyridine rings is 2. The molecule has 2 aliphatic carbocycles. The molecule has 1 fully saturated rings. The first kappa shape index (κ1) is 35.1. The zero-order valence-electron chi connectivity index (χ0n) is 27.2. The van der Waals surface area contributed by atoms with Gasteiger partial charge in [0.05, 0.1) is 11.7 Å².